The summed E-state index contributed by atoms with van der Waals surface area (Å²) in [4.78, 5) is 8.55. The van der Waals surface area contributed by atoms with Gasteiger partial charge < -0.3 is 15.2 Å². The van der Waals surface area contributed by atoms with Crippen LogP contribution in [0.2, 0.25) is 5.02 Å². The predicted molar refractivity (Wildman–Crippen MR) is 121 cm³/mol. The van der Waals surface area contributed by atoms with Gasteiger partial charge in [-0.1, -0.05) is 17.7 Å². The van der Waals surface area contributed by atoms with E-state index in [1.807, 2.05) is 24.3 Å². The third kappa shape index (κ3) is 4.90. The quantitative estimate of drug-likeness (QED) is 0.423. The molecule has 1 saturated heterocycles. The van der Waals surface area contributed by atoms with Crippen molar-refractivity contribution in [1.29, 1.82) is 0 Å². The zero-order chi connectivity index (χ0) is 21.3. The number of aromatic nitrogens is 2. The second-order valence-electron chi connectivity index (χ2n) is 7.15. The summed E-state index contributed by atoms with van der Waals surface area (Å²) in [5, 5.41) is 20.4. The van der Waals surface area contributed by atoms with Gasteiger partial charge in [0.05, 0.1) is 33.6 Å². The lowest BCUT2D eigenvalue weighted by molar-refractivity contribution is 0.0187. The number of hydrogen-bond donors (Lipinski definition) is 3. The first kappa shape index (κ1) is 21.8. The van der Waals surface area contributed by atoms with Crippen LogP contribution in [0.15, 0.2) is 52.0 Å². The molecule has 1 aromatic heterocycles. The fourth-order valence-electron chi connectivity index (χ4n) is 3.28. The molecule has 0 bridgehead atoms. The van der Waals surface area contributed by atoms with Crippen LogP contribution in [-0.2, 0) is 0 Å². The molecule has 5 nitrogen and oxygen atoms in total. The van der Waals surface area contributed by atoms with Crippen LogP contribution in [-0.4, -0.2) is 49.8 Å². The van der Waals surface area contributed by atoms with Crippen molar-refractivity contribution in [1.82, 2.24) is 14.3 Å². The molecule has 0 spiro atoms. The summed E-state index contributed by atoms with van der Waals surface area (Å²) in [6, 6.07) is 10.6. The maximum atomic E-state index is 13.9. The second-order valence-corrected chi connectivity index (χ2v) is 9.55. The number of benzene rings is 2. The van der Waals surface area contributed by atoms with Gasteiger partial charge in [-0.25, -0.2) is 13.7 Å². The molecule has 4 rings (SSSR count). The molecule has 1 aliphatic rings. The van der Waals surface area contributed by atoms with Gasteiger partial charge in [-0.15, -0.1) is 0 Å². The van der Waals surface area contributed by atoms with Gasteiger partial charge in [0.15, 0.2) is 0 Å². The van der Waals surface area contributed by atoms with Crippen molar-refractivity contribution >= 4 is 39.5 Å². The van der Waals surface area contributed by atoms with E-state index in [1.54, 1.807) is 12.3 Å². The van der Waals surface area contributed by atoms with E-state index in [0.717, 1.165) is 16.2 Å². The van der Waals surface area contributed by atoms with Gasteiger partial charge in [-0.2, -0.15) is 0 Å². The molecular weight excluding hydrogens is 493 g/mol. The van der Waals surface area contributed by atoms with E-state index in [9.17, 15) is 14.6 Å². The molecule has 158 valence electrons. The number of hydrogen-bond acceptors (Lipinski definition) is 5. The number of aromatic amines is 1. The third-order valence-electron chi connectivity index (χ3n) is 5.03. The largest absolute Gasteiger partial charge is 0.390 e. The molecule has 0 radical (unpaired) electrons. The normalized spacial score (nSPS) is 20.3. The number of imidazole rings is 1. The maximum Gasteiger partial charge on any atom is 0.138 e. The van der Waals surface area contributed by atoms with Gasteiger partial charge in [0.25, 0.3) is 0 Å². The highest BCUT2D eigenvalue weighted by molar-refractivity contribution is 9.10. The average molecular weight is 513 g/mol. The summed E-state index contributed by atoms with van der Waals surface area (Å²) in [6.45, 7) is 1.31. The lowest BCUT2D eigenvalue weighted by atomic mass is 10.1. The second kappa shape index (κ2) is 9.38. The molecule has 2 aromatic carbocycles. The third-order valence-corrected chi connectivity index (χ3v) is 7.27. The summed E-state index contributed by atoms with van der Waals surface area (Å²) >= 11 is 11.1. The first-order chi connectivity index (χ1) is 14.4. The van der Waals surface area contributed by atoms with Crippen LogP contribution in [0.4, 0.5) is 4.39 Å². The topological polar surface area (TPSA) is 72.4 Å². The van der Waals surface area contributed by atoms with Crippen LogP contribution in [0.1, 0.15) is 12.8 Å². The molecule has 2 unspecified atom stereocenters. The molecule has 3 aromatic rings. The Morgan fingerprint density at radius 3 is 2.50 bits per heavy atom. The van der Waals surface area contributed by atoms with Crippen molar-refractivity contribution < 1.29 is 14.6 Å². The van der Waals surface area contributed by atoms with Crippen molar-refractivity contribution in [3.05, 3.63) is 57.9 Å². The number of H-pyrrole nitrogens is 1. The lowest BCUT2D eigenvalue weighted by Crippen LogP contribution is -2.24. The molecule has 2 heterocycles. The average Bonchev–Trinajstić information content (AvgIpc) is 3.17. The summed E-state index contributed by atoms with van der Waals surface area (Å²) in [5.41, 5.74) is 2.29. The van der Waals surface area contributed by atoms with E-state index in [2.05, 4.69) is 30.2 Å². The van der Waals surface area contributed by atoms with Crippen molar-refractivity contribution in [3.8, 4) is 22.6 Å². The van der Waals surface area contributed by atoms with Crippen LogP contribution in [0.5, 0.6) is 0 Å². The lowest BCUT2D eigenvalue weighted by Gasteiger charge is -2.19. The number of halogens is 3. The Morgan fingerprint density at radius 2 is 1.80 bits per heavy atom. The van der Waals surface area contributed by atoms with Gasteiger partial charge >= 0.3 is 0 Å². The van der Waals surface area contributed by atoms with Crippen LogP contribution >= 0.6 is 39.5 Å². The number of nitrogens with one attached hydrogen (secondary N) is 1. The van der Waals surface area contributed by atoms with Gasteiger partial charge in [0.1, 0.15) is 11.6 Å². The van der Waals surface area contributed by atoms with Crippen LogP contribution < -0.4 is 0 Å². The van der Waals surface area contributed by atoms with Crippen LogP contribution in [0.3, 0.4) is 0 Å². The molecule has 0 amide bonds. The fraction of sp³-hybridized carbons (Fsp3) is 0.286. The van der Waals surface area contributed by atoms with Crippen molar-refractivity contribution in [2.75, 3.05) is 13.1 Å². The summed E-state index contributed by atoms with van der Waals surface area (Å²) in [5.74, 6) is 0.329. The molecule has 1 fully saturated rings. The monoisotopic (exact) mass is 511 g/mol. The van der Waals surface area contributed by atoms with Crippen molar-refractivity contribution in [3.63, 3.8) is 0 Å². The first-order valence-electron chi connectivity index (χ1n) is 9.50. The van der Waals surface area contributed by atoms with E-state index in [1.165, 1.54) is 18.0 Å². The standard InChI is InChI=1S/C21H20BrClFN3O2S/c22-14-3-1-12(9-16(14)24)17-11-25-21(26-17)13-2-4-15(23)20(10-13)30-27-7-5-18(28)19(29)6-8-27/h1-4,9-11,18-19,28-29H,5-8H2,(H,25,26). The number of aliphatic hydroxyl groups is 2. The fourth-order valence-corrected chi connectivity index (χ4v) is 4.75. The highest BCUT2D eigenvalue weighted by Crippen LogP contribution is 2.35. The highest BCUT2D eigenvalue weighted by atomic mass is 79.9. The molecular formula is C21H20BrClFN3O2S. The SMILES string of the molecule is OC1CCN(Sc2cc(-c3ncc(-c4ccc(Br)c(F)c4)[nH]3)ccc2Cl)CCC1O. The molecule has 2 atom stereocenters. The minimum Gasteiger partial charge on any atom is -0.390 e. The number of rotatable bonds is 4. The summed E-state index contributed by atoms with van der Waals surface area (Å²) < 4.78 is 16.4. The summed E-state index contributed by atoms with van der Waals surface area (Å²) in [6.07, 6.45) is 1.31. The summed E-state index contributed by atoms with van der Waals surface area (Å²) in [7, 11) is 0. The van der Waals surface area contributed by atoms with E-state index < -0.39 is 12.2 Å². The molecule has 0 aliphatic carbocycles. The van der Waals surface area contributed by atoms with E-state index in [4.69, 9.17) is 11.6 Å². The van der Waals surface area contributed by atoms with Gasteiger partial charge in [-0.05, 0) is 71.1 Å². The van der Waals surface area contributed by atoms with Crippen molar-refractivity contribution in [2.24, 2.45) is 0 Å². The Bertz CT molecular complexity index is 1040. The van der Waals surface area contributed by atoms with Crippen LogP contribution in [0, 0.1) is 5.82 Å². The van der Waals surface area contributed by atoms with Gasteiger partial charge in [-0.3, -0.25) is 0 Å². The molecule has 9 heteroatoms. The predicted octanol–water partition coefficient (Wildman–Crippen LogP) is 5.12. The minimum absolute atomic E-state index is 0.332. The number of nitrogens with zero attached hydrogens (tertiary/aromatic N) is 2. The Kier molecular flexibility index (Phi) is 6.81. The first-order valence-corrected chi connectivity index (χ1v) is 11.4. The van der Waals surface area contributed by atoms with E-state index >= 15 is 0 Å². The zero-order valence-electron chi connectivity index (χ0n) is 15.9. The van der Waals surface area contributed by atoms with Gasteiger partial charge in [0, 0.05) is 29.1 Å². The Balaban J connectivity index is 1.55. The van der Waals surface area contributed by atoms with E-state index in [-0.39, 0.29) is 5.82 Å². The zero-order valence-corrected chi connectivity index (χ0v) is 19.0. The molecule has 0 saturated carbocycles. The number of aliphatic hydroxyl groups excluding tert-OH is 2. The molecule has 1 aliphatic heterocycles. The highest BCUT2D eigenvalue weighted by Gasteiger charge is 2.24. The Labute approximate surface area is 191 Å². The Morgan fingerprint density at radius 1 is 1.10 bits per heavy atom. The van der Waals surface area contributed by atoms with Crippen molar-refractivity contribution in [2.45, 2.75) is 29.9 Å². The Hall–Kier alpha value is -1.42. The van der Waals surface area contributed by atoms with Crippen LogP contribution in [0.25, 0.3) is 22.6 Å². The maximum absolute atomic E-state index is 13.9. The van der Waals surface area contributed by atoms with Gasteiger partial charge in [0.2, 0.25) is 0 Å². The molecule has 30 heavy (non-hydrogen) atoms. The minimum atomic E-state index is -0.692. The molecule has 3 N–H and O–H groups in total. The smallest absolute Gasteiger partial charge is 0.138 e. The van der Waals surface area contributed by atoms with E-state index in [0.29, 0.717) is 46.8 Å².